The Morgan fingerprint density at radius 2 is 1.80 bits per heavy atom. The van der Waals surface area contributed by atoms with Crippen LogP contribution in [0.1, 0.15) is 18.9 Å². The topological polar surface area (TPSA) is 0 Å². The Morgan fingerprint density at radius 1 is 1.13 bits per heavy atom. The van der Waals surface area contributed by atoms with Crippen LogP contribution in [0.15, 0.2) is 36.4 Å². The second kappa shape index (κ2) is 8.45. The molecule has 0 spiro atoms. The van der Waals surface area contributed by atoms with Crippen molar-refractivity contribution in [2.24, 2.45) is 0 Å². The second-order valence-corrected chi connectivity index (χ2v) is 3.20. The largest absolute Gasteiger partial charge is 3.00 e. The molecule has 0 amide bonds. The van der Waals surface area contributed by atoms with Crippen LogP contribution in [0.2, 0.25) is 0 Å². The first-order valence-corrected chi connectivity index (χ1v) is 4.55. The third-order valence-corrected chi connectivity index (χ3v) is 2.29. The summed E-state index contributed by atoms with van der Waals surface area (Å²) in [7, 11) is 0. The van der Waals surface area contributed by atoms with Crippen molar-refractivity contribution >= 4 is 10.8 Å². The van der Waals surface area contributed by atoms with Gasteiger partial charge in [0.2, 0.25) is 0 Å². The van der Waals surface area contributed by atoms with Gasteiger partial charge in [-0.25, -0.2) is 0 Å². The van der Waals surface area contributed by atoms with Gasteiger partial charge in [0, 0.05) is 0 Å². The molecule has 2 aromatic rings. The van der Waals surface area contributed by atoms with E-state index >= 15 is 0 Å². The molecule has 0 aliphatic rings. The van der Waals surface area contributed by atoms with Crippen LogP contribution < -0.4 is 24.8 Å². The standard InChI is InChI=1S/C12H13.2ClH.Zr/c1-2-5-10-8-9-11-6-3-4-7-12(10)11;;;/h3-4,6-9H,2,5H2,1H3;2*1H;/q-1;;;+3/p-2. The Kier molecular flexibility index (Phi) is 9.95. The predicted molar refractivity (Wildman–Crippen MR) is 53.5 cm³/mol. The van der Waals surface area contributed by atoms with Gasteiger partial charge in [-0.15, -0.1) is 41.1 Å². The molecule has 1 radical (unpaired) electrons. The minimum Gasteiger partial charge on any atom is -1.00 e. The van der Waals surface area contributed by atoms with Crippen molar-refractivity contribution in [3.63, 3.8) is 0 Å². The Labute approximate surface area is 123 Å². The number of hydrogen-bond acceptors (Lipinski definition) is 0. The summed E-state index contributed by atoms with van der Waals surface area (Å²) in [4.78, 5) is 0. The molecule has 0 N–H and O–H groups in total. The summed E-state index contributed by atoms with van der Waals surface area (Å²) >= 11 is 0. The van der Waals surface area contributed by atoms with E-state index in [0.717, 1.165) is 0 Å². The molecule has 0 saturated heterocycles. The smallest absolute Gasteiger partial charge is 1.00 e. The molecule has 0 aromatic heterocycles. The van der Waals surface area contributed by atoms with Gasteiger partial charge in [-0.3, -0.25) is 0 Å². The zero-order chi connectivity index (χ0) is 8.39. The summed E-state index contributed by atoms with van der Waals surface area (Å²) < 4.78 is 0. The van der Waals surface area contributed by atoms with Crippen molar-refractivity contribution in [3.8, 4) is 0 Å². The van der Waals surface area contributed by atoms with Gasteiger partial charge in [0.25, 0.3) is 0 Å². The van der Waals surface area contributed by atoms with E-state index in [0.29, 0.717) is 0 Å². The van der Waals surface area contributed by atoms with Crippen molar-refractivity contribution in [1.82, 2.24) is 0 Å². The molecular weight excluding hydrogens is 306 g/mol. The van der Waals surface area contributed by atoms with E-state index in [4.69, 9.17) is 0 Å². The maximum Gasteiger partial charge on any atom is 3.00 e. The predicted octanol–water partition coefficient (Wildman–Crippen LogP) is -2.48. The minimum absolute atomic E-state index is 0. The van der Waals surface area contributed by atoms with E-state index in [-0.39, 0.29) is 51.0 Å². The summed E-state index contributed by atoms with van der Waals surface area (Å²) in [5.41, 5.74) is 1.49. The third kappa shape index (κ3) is 3.98. The average Bonchev–Trinajstić information content (AvgIpc) is 2.50. The normalized spacial score (nSPS) is 8.60. The molecule has 79 valence electrons. The van der Waals surface area contributed by atoms with Gasteiger partial charge >= 0.3 is 26.2 Å². The number of fused-ring (bicyclic) bond motifs is 1. The summed E-state index contributed by atoms with van der Waals surface area (Å²) in [5.74, 6) is 0. The van der Waals surface area contributed by atoms with Gasteiger partial charge < -0.3 is 24.8 Å². The molecule has 0 fully saturated rings. The fourth-order valence-corrected chi connectivity index (χ4v) is 1.70. The molecule has 0 nitrogen and oxygen atoms in total. The molecule has 0 bridgehead atoms. The van der Waals surface area contributed by atoms with Gasteiger partial charge in [0.1, 0.15) is 0 Å². The van der Waals surface area contributed by atoms with Crippen LogP contribution in [0, 0.1) is 0 Å². The van der Waals surface area contributed by atoms with Crippen LogP contribution in [0.5, 0.6) is 0 Å². The molecule has 15 heavy (non-hydrogen) atoms. The Bertz CT molecular complexity index is 382. The van der Waals surface area contributed by atoms with Crippen LogP contribution in [-0.2, 0) is 32.6 Å². The Morgan fingerprint density at radius 3 is 2.47 bits per heavy atom. The first kappa shape index (κ1) is 17.7. The zero-order valence-electron chi connectivity index (χ0n) is 8.63. The van der Waals surface area contributed by atoms with Crippen molar-refractivity contribution < 1.29 is 51.0 Å². The minimum atomic E-state index is 0. The van der Waals surface area contributed by atoms with E-state index in [2.05, 4.69) is 43.3 Å². The molecule has 0 aliphatic carbocycles. The monoisotopic (exact) mass is 317 g/mol. The van der Waals surface area contributed by atoms with Gasteiger partial charge in [-0.05, 0) is 0 Å². The van der Waals surface area contributed by atoms with Gasteiger partial charge in [-0.1, -0.05) is 25.8 Å². The molecule has 2 rings (SSSR count). The number of halogens is 2. The molecule has 0 aliphatic heterocycles. The van der Waals surface area contributed by atoms with Crippen LogP contribution in [-0.4, -0.2) is 0 Å². The quantitative estimate of drug-likeness (QED) is 0.538. The zero-order valence-corrected chi connectivity index (χ0v) is 12.6. The Balaban J connectivity index is 0. The SMILES string of the molecule is CCCc1c[cH-]c2ccccc12.[Cl-].[Cl-].[Zr+3]. The first-order chi connectivity index (χ1) is 5.92. The summed E-state index contributed by atoms with van der Waals surface area (Å²) in [6.45, 7) is 2.22. The van der Waals surface area contributed by atoms with Gasteiger partial charge in [0.15, 0.2) is 0 Å². The van der Waals surface area contributed by atoms with Crippen LogP contribution in [0.25, 0.3) is 10.8 Å². The molecule has 0 atom stereocenters. The van der Waals surface area contributed by atoms with Gasteiger partial charge in [0.05, 0.1) is 0 Å². The van der Waals surface area contributed by atoms with Gasteiger partial charge in [-0.2, -0.15) is 5.56 Å². The molecular formula is C12H13Cl2Zr. The van der Waals surface area contributed by atoms with E-state index in [9.17, 15) is 0 Å². The number of benzene rings is 1. The molecule has 0 unspecified atom stereocenters. The second-order valence-electron chi connectivity index (χ2n) is 3.20. The fraction of sp³-hybridized carbons (Fsp3) is 0.250. The third-order valence-electron chi connectivity index (χ3n) is 2.29. The summed E-state index contributed by atoms with van der Waals surface area (Å²) in [6.07, 6.45) is 2.43. The maximum absolute atomic E-state index is 2.24. The average molecular weight is 319 g/mol. The molecule has 0 saturated carbocycles. The van der Waals surface area contributed by atoms with E-state index < -0.39 is 0 Å². The van der Waals surface area contributed by atoms with Crippen LogP contribution in [0.3, 0.4) is 0 Å². The Hall–Kier alpha value is 0.293. The number of hydrogen-bond donors (Lipinski definition) is 0. The fourth-order valence-electron chi connectivity index (χ4n) is 1.70. The van der Waals surface area contributed by atoms with Crippen molar-refractivity contribution in [2.45, 2.75) is 19.8 Å². The van der Waals surface area contributed by atoms with E-state index in [1.165, 1.54) is 29.2 Å². The van der Waals surface area contributed by atoms with Crippen LogP contribution >= 0.6 is 0 Å². The maximum atomic E-state index is 2.24. The molecule has 2 aromatic carbocycles. The van der Waals surface area contributed by atoms with Crippen LogP contribution in [0.4, 0.5) is 0 Å². The van der Waals surface area contributed by atoms with Crippen molar-refractivity contribution in [3.05, 3.63) is 42.0 Å². The number of aryl methyl sites for hydroxylation is 1. The molecule has 3 heteroatoms. The number of rotatable bonds is 2. The van der Waals surface area contributed by atoms with E-state index in [1.54, 1.807) is 0 Å². The molecule has 0 heterocycles. The van der Waals surface area contributed by atoms with Crippen molar-refractivity contribution in [2.75, 3.05) is 0 Å². The summed E-state index contributed by atoms with van der Waals surface area (Å²) in [6, 6.07) is 13.0. The first-order valence-electron chi connectivity index (χ1n) is 4.55. The van der Waals surface area contributed by atoms with Crippen molar-refractivity contribution in [1.29, 1.82) is 0 Å². The van der Waals surface area contributed by atoms with E-state index in [1.807, 2.05) is 0 Å². The summed E-state index contributed by atoms with van der Waals surface area (Å²) in [5, 5.41) is 2.81.